The van der Waals surface area contributed by atoms with Gasteiger partial charge in [0.15, 0.2) is 0 Å². The lowest BCUT2D eigenvalue weighted by atomic mass is 9.98. The first-order valence-corrected chi connectivity index (χ1v) is 5.52. The molecule has 2 rings (SSSR count). The molecule has 92 valence electrons. The molecule has 2 aromatic rings. The third-order valence-electron chi connectivity index (χ3n) is 2.99. The Morgan fingerprint density at radius 3 is 2.41 bits per heavy atom. The van der Waals surface area contributed by atoms with Gasteiger partial charge in [0.25, 0.3) is 0 Å². The van der Waals surface area contributed by atoms with Gasteiger partial charge in [-0.15, -0.1) is 12.4 Å². The minimum atomic E-state index is 0. The highest BCUT2D eigenvalue weighted by Crippen LogP contribution is 2.24. The van der Waals surface area contributed by atoms with Crippen LogP contribution in [0.25, 0.3) is 10.8 Å². The van der Waals surface area contributed by atoms with Gasteiger partial charge in [0, 0.05) is 0 Å². The second kappa shape index (κ2) is 5.89. The summed E-state index contributed by atoms with van der Waals surface area (Å²) in [6, 6.07) is 12.6. The van der Waals surface area contributed by atoms with Gasteiger partial charge in [-0.25, -0.2) is 0 Å². The highest BCUT2D eigenvalue weighted by Gasteiger charge is 2.04. The van der Waals surface area contributed by atoms with Crippen molar-refractivity contribution in [2.24, 2.45) is 5.73 Å². The number of methoxy groups -OCH3 is 1. The minimum absolute atomic E-state index is 0. The van der Waals surface area contributed by atoms with Crippen molar-refractivity contribution in [3.05, 3.63) is 42.0 Å². The molecule has 17 heavy (non-hydrogen) atoms. The zero-order valence-electron chi connectivity index (χ0n) is 10.1. The van der Waals surface area contributed by atoms with Crippen LogP contribution in [0.1, 0.15) is 18.4 Å². The maximum absolute atomic E-state index is 5.67. The maximum atomic E-state index is 5.67. The molecule has 2 nitrogen and oxygen atoms in total. The van der Waals surface area contributed by atoms with Crippen LogP contribution >= 0.6 is 12.4 Å². The molecule has 0 saturated heterocycles. The summed E-state index contributed by atoms with van der Waals surface area (Å²) >= 11 is 0. The summed E-state index contributed by atoms with van der Waals surface area (Å²) in [5.41, 5.74) is 6.97. The molecule has 0 aliphatic rings. The zero-order chi connectivity index (χ0) is 11.5. The van der Waals surface area contributed by atoms with E-state index in [4.69, 9.17) is 10.5 Å². The predicted octanol–water partition coefficient (Wildman–Crippen LogP) is 3.33. The number of hydrogen-bond donors (Lipinski definition) is 1. The molecule has 2 N–H and O–H groups in total. The van der Waals surface area contributed by atoms with E-state index in [1.54, 1.807) is 7.11 Å². The number of nitrogens with two attached hydrogens (primary N) is 1. The van der Waals surface area contributed by atoms with Crippen molar-refractivity contribution < 1.29 is 4.74 Å². The lowest BCUT2D eigenvalue weighted by Gasteiger charge is -2.10. The zero-order valence-corrected chi connectivity index (χ0v) is 11.0. The third-order valence-corrected chi connectivity index (χ3v) is 2.99. The smallest absolute Gasteiger partial charge is 0.119 e. The fourth-order valence-electron chi connectivity index (χ4n) is 1.81. The van der Waals surface area contributed by atoms with E-state index in [9.17, 15) is 0 Å². The fourth-order valence-corrected chi connectivity index (χ4v) is 1.81. The van der Waals surface area contributed by atoms with E-state index in [2.05, 4.69) is 31.2 Å². The van der Waals surface area contributed by atoms with Crippen molar-refractivity contribution in [3.63, 3.8) is 0 Å². The average Bonchev–Trinajstić information content (AvgIpc) is 2.36. The lowest BCUT2D eigenvalue weighted by molar-refractivity contribution is 0.415. The van der Waals surface area contributed by atoms with E-state index in [0.717, 1.165) is 5.75 Å². The van der Waals surface area contributed by atoms with E-state index in [-0.39, 0.29) is 12.4 Å². The monoisotopic (exact) mass is 251 g/mol. The topological polar surface area (TPSA) is 35.2 Å². The molecule has 2 aromatic carbocycles. The van der Waals surface area contributed by atoms with Gasteiger partial charge < -0.3 is 10.5 Å². The number of benzene rings is 2. The molecule has 0 heterocycles. The second-order valence-corrected chi connectivity index (χ2v) is 4.11. The summed E-state index contributed by atoms with van der Waals surface area (Å²) in [5, 5.41) is 2.44. The number of fused-ring (bicyclic) bond motifs is 1. The fraction of sp³-hybridized carbons (Fsp3) is 0.286. The van der Waals surface area contributed by atoms with E-state index >= 15 is 0 Å². The minimum Gasteiger partial charge on any atom is -0.497 e. The van der Waals surface area contributed by atoms with E-state index in [1.165, 1.54) is 16.3 Å². The largest absolute Gasteiger partial charge is 0.497 e. The molecule has 0 unspecified atom stereocenters. The van der Waals surface area contributed by atoms with E-state index < -0.39 is 0 Å². The van der Waals surface area contributed by atoms with Crippen LogP contribution in [-0.2, 0) is 0 Å². The number of hydrogen-bond acceptors (Lipinski definition) is 2. The first-order valence-electron chi connectivity index (χ1n) is 5.52. The van der Waals surface area contributed by atoms with Gasteiger partial charge in [-0.2, -0.15) is 0 Å². The molecular weight excluding hydrogens is 234 g/mol. The number of halogens is 1. The van der Waals surface area contributed by atoms with Crippen LogP contribution in [0.4, 0.5) is 0 Å². The maximum Gasteiger partial charge on any atom is 0.119 e. The van der Waals surface area contributed by atoms with Gasteiger partial charge in [0.05, 0.1) is 7.11 Å². The van der Waals surface area contributed by atoms with Crippen molar-refractivity contribution in [2.75, 3.05) is 13.7 Å². The van der Waals surface area contributed by atoms with Gasteiger partial charge in [0.2, 0.25) is 0 Å². The molecule has 0 aromatic heterocycles. The molecular formula is C14H18ClNO. The Morgan fingerprint density at radius 1 is 1.12 bits per heavy atom. The van der Waals surface area contributed by atoms with Gasteiger partial charge in [-0.3, -0.25) is 0 Å². The van der Waals surface area contributed by atoms with Crippen molar-refractivity contribution >= 4 is 23.2 Å². The molecule has 3 heteroatoms. The molecule has 0 saturated carbocycles. The van der Waals surface area contributed by atoms with Crippen molar-refractivity contribution in [2.45, 2.75) is 12.8 Å². The third kappa shape index (κ3) is 2.90. The Hall–Kier alpha value is -1.25. The average molecular weight is 252 g/mol. The van der Waals surface area contributed by atoms with Gasteiger partial charge in [0.1, 0.15) is 5.75 Å². The molecule has 0 fully saturated rings. The van der Waals surface area contributed by atoms with E-state index in [1.807, 2.05) is 12.1 Å². The van der Waals surface area contributed by atoms with Crippen molar-refractivity contribution in [3.8, 4) is 5.75 Å². The van der Waals surface area contributed by atoms with Crippen LogP contribution in [-0.4, -0.2) is 13.7 Å². The van der Waals surface area contributed by atoms with Crippen LogP contribution in [0, 0.1) is 0 Å². The summed E-state index contributed by atoms with van der Waals surface area (Å²) in [6.45, 7) is 2.83. The quantitative estimate of drug-likeness (QED) is 0.908. The molecule has 1 atom stereocenters. The van der Waals surface area contributed by atoms with Crippen molar-refractivity contribution in [1.82, 2.24) is 0 Å². The molecule has 0 aliphatic carbocycles. The normalized spacial score (nSPS) is 11.9. The summed E-state index contributed by atoms with van der Waals surface area (Å²) in [5.74, 6) is 1.30. The first kappa shape index (κ1) is 13.8. The predicted molar refractivity (Wildman–Crippen MR) is 75.2 cm³/mol. The van der Waals surface area contributed by atoms with E-state index in [0.29, 0.717) is 12.5 Å². The van der Waals surface area contributed by atoms with Crippen LogP contribution in [0.5, 0.6) is 5.75 Å². The van der Waals surface area contributed by atoms with Crippen LogP contribution in [0.15, 0.2) is 36.4 Å². The number of ether oxygens (including phenoxy) is 1. The van der Waals surface area contributed by atoms with Crippen LogP contribution in [0.3, 0.4) is 0 Å². The lowest BCUT2D eigenvalue weighted by Crippen LogP contribution is -2.08. The summed E-state index contributed by atoms with van der Waals surface area (Å²) in [6.07, 6.45) is 0. The highest BCUT2D eigenvalue weighted by atomic mass is 35.5. The second-order valence-electron chi connectivity index (χ2n) is 4.11. The van der Waals surface area contributed by atoms with Gasteiger partial charge in [-0.05, 0) is 40.9 Å². The molecule has 0 radical (unpaired) electrons. The SMILES string of the molecule is COc1ccc2cc([C@H](C)CN)ccc2c1.Cl. The van der Waals surface area contributed by atoms with Crippen molar-refractivity contribution in [1.29, 1.82) is 0 Å². The Morgan fingerprint density at radius 2 is 1.76 bits per heavy atom. The Bertz CT molecular complexity index is 499. The summed E-state index contributed by atoms with van der Waals surface area (Å²) in [7, 11) is 1.69. The van der Waals surface area contributed by atoms with Crippen LogP contribution < -0.4 is 10.5 Å². The van der Waals surface area contributed by atoms with Crippen LogP contribution in [0.2, 0.25) is 0 Å². The van der Waals surface area contributed by atoms with Gasteiger partial charge >= 0.3 is 0 Å². The Labute approximate surface area is 108 Å². The Balaban J connectivity index is 0.00000144. The molecule has 0 aliphatic heterocycles. The number of rotatable bonds is 3. The Kier molecular flexibility index (Phi) is 4.79. The molecule has 0 spiro atoms. The summed E-state index contributed by atoms with van der Waals surface area (Å²) < 4.78 is 5.20. The molecule has 0 amide bonds. The highest BCUT2D eigenvalue weighted by molar-refractivity contribution is 5.85. The summed E-state index contributed by atoms with van der Waals surface area (Å²) in [4.78, 5) is 0. The standard InChI is InChI=1S/C14H17NO.ClH/c1-10(9-15)11-3-4-13-8-14(16-2)6-5-12(13)7-11;/h3-8,10H,9,15H2,1-2H3;1H/t10-;/m1./s1. The van der Waals surface area contributed by atoms with Gasteiger partial charge in [-0.1, -0.05) is 31.2 Å². The molecule has 0 bridgehead atoms. The first-order chi connectivity index (χ1) is 7.74.